The average molecular weight is 475 g/mol. The minimum absolute atomic E-state index is 0.0741. The number of pyridine rings is 1. The zero-order chi connectivity index (χ0) is 23.8. The highest BCUT2D eigenvalue weighted by Gasteiger charge is 2.34. The van der Waals surface area contributed by atoms with E-state index < -0.39 is 5.97 Å². The summed E-state index contributed by atoms with van der Waals surface area (Å²) >= 11 is 1.38. The molecule has 8 nitrogen and oxygen atoms in total. The van der Waals surface area contributed by atoms with Gasteiger partial charge < -0.3 is 19.0 Å². The van der Waals surface area contributed by atoms with Crippen LogP contribution in [0.25, 0.3) is 0 Å². The van der Waals surface area contributed by atoms with Crippen LogP contribution >= 0.6 is 11.8 Å². The Morgan fingerprint density at radius 2 is 2.03 bits per heavy atom. The van der Waals surface area contributed by atoms with E-state index >= 15 is 0 Å². The number of aromatic nitrogens is 1. The molecule has 3 rings (SSSR count). The topological polar surface area (TPSA) is 96.0 Å². The molecule has 9 heteroatoms. The van der Waals surface area contributed by atoms with Crippen LogP contribution < -0.4 is 15.0 Å². The van der Waals surface area contributed by atoms with Gasteiger partial charge in [0, 0.05) is 19.0 Å². The second-order valence-electron chi connectivity index (χ2n) is 7.67. The van der Waals surface area contributed by atoms with Crippen molar-refractivity contribution in [2.75, 3.05) is 20.0 Å². The van der Waals surface area contributed by atoms with E-state index in [9.17, 15) is 9.59 Å². The third-order valence-corrected chi connectivity index (χ3v) is 6.25. The van der Waals surface area contributed by atoms with Crippen molar-refractivity contribution in [1.82, 2.24) is 10.5 Å². The Bertz CT molecular complexity index is 970. The number of ether oxygens (including phenoxy) is 3. The second-order valence-corrected chi connectivity index (χ2v) is 8.46. The standard InChI is InChI=1S/C24H30N2O6S/c1-5-30-22-13-16(8-11-21(22)29-3)19-14-17(31-15(2)27)9-10-20(19)26-32-24(28)18-7-6-12-25-23(18)33-4/h6-8,11-13,17,19-20,26H,5,9-10,14H2,1-4H3/t17-,19-,20-/m1/s1. The Morgan fingerprint density at radius 1 is 1.21 bits per heavy atom. The summed E-state index contributed by atoms with van der Waals surface area (Å²) in [4.78, 5) is 34.0. The molecule has 3 atom stereocenters. The number of methoxy groups -OCH3 is 1. The fourth-order valence-electron chi connectivity index (χ4n) is 4.07. The van der Waals surface area contributed by atoms with Crippen molar-refractivity contribution in [2.45, 2.75) is 56.2 Å². The van der Waals surface area contributed by atoms with Gasteiger partial charge in [-0.3, -0.25) is 4.79 Å². The van der Waals surface area contributed by atoms with Gasteiger partial charge in [0.2, 0.25) is 0 Å². The Kier molecular flexibility index (Phi) is 8.96. The van der Waals surface area contributed by atoms with Gasteiger partial charge >= 0.3 is 11.9 Å². The Labute approximate surface area is 198 Å². The molecule has 1 aliphatic carbocycles. The minimum Gasteiger partial charge on any atom is -0.493 e. The monoisotopic (exact) mass is 474 g/mol. The van der Waals surface area contributed by atoms with Crippen LogP contribution in [-0.4, -0.2) is 49.0 Å². The lowest BCUT2D eigenvalue weighted by atomic mass is 9.79. The summed E-state index contributed by atoms with van der Waals surface area (Å²) in [6, 6.07) is 8.99. The van der Waals surface area contributed by atoms with Crippen LogP contribution in [0.2, 0.25) is 0 Å². The van der Waals surface area contributed by atoms with E-state index in [4.69, 9.17) is 19.0 Å². The highest BCUT2D eigenvalue weighted by atomic mass is 32.2. The number of carbonyl (C=O) groups excluding carboxylic acids is 2. The molecule has 0 aliphatic heterocycles. The number of rotatable bonds is 9. The molecule has 1 aromatic carbocycles. The van der Waals surface area contributed by atoms with Crippen molar-refractivity contribution in [3.63, 3.8) is 0 Å². The Morgan fingerprint density at radius 3 is 2.73 bits per heavy atom. The molecule has 1 N–H and O–H groups in total. The molecule has 0 saturated heterocycles. The van der Waals surface area contributed by atoms with Gasteiger partial charge in [-0.05, 0) is 62.3 Å². The van der Waals surface area contributed by atoms with Gasteiger partial charge in [-0.15, -0.1) is 17.2 Å². The van der Waals surface area contributed by atoms with Crippen LogP contribution in [0.5, 0.6) is 11.5 Å². The van der Waals surface area contributed by atoms with E-state index in [-0.39, 0.29) is 24.0 Å². The van der Waals surface area contributed by atoms with Crippen LogP contribution in [0.3, 0.4) is 0 Å². The van der Waals surface area contributed by atoms with Gasteiger partial charge in [-0.25, -0.2) is 9.78 Å². The van der Waals surface area contributed by atoms with E-state index in [0.717, 1.165) is 5.56 Å². The first kappa shape index (κ1) is 24.9. The molecule has 0 bridgehead atoms. The quantitative estimate of drug-likeness (QED) is 0.327. The average Bonchev–Trinajstić information content (AvgIpc) is 2.82. The lowest BCUT2D eigenvalue weighted by molar-refractivity contribution is -0.148. The lowest BCUT2D eigenvalue weighted by Gasteiger charge is -2.36. The van der Waals surface area contributed by atoms with Crippen LogP contribution in [-0.2, 0) is 14.4 Å². The van der Waals surface area contributed by atoms with E-state index in [0.29, 0.717) is 48.0 Å². The maximum atomic E-state index is 12.7. The van der Waals surface area contributed by atoms with Crippen molar-refractivity contribution in [2.24, 2.45) is 0 Å². The maximum Gasteiger partial charge on any atom is 0.359 e. The predicted octanol–water partition coefficient (Wildman–Crippen LogP) is 4.14. The first-order chi connectivity index (χ1) is 16.0. The number of nitrogens with one attached hydrogen (secondary N) is 1. The Balaban J connectivity index is 1.81. The van der Waals surface area contributed by atoms with Crippen molar-refractivity contribution in [1.29, 1.82) is 0 Å². The largest absolute Gasteiger partial charge is 0.493 e. The number of esters is 1. The summed E-state index contributed by atoms with van der Waals surface area (Å²) < 4.78 is 16.6. The first-order valence-corrected chi connectivity index (χ1v) is 12.1. The normalized spacial score (nSPS) is 20.1. The summed E-state index contributed by atoms with van der Waals surface area (Å²) in [5.74, 6) is 0.420. The number of hydrogen-bond acceptors (Lipinski definition) is 9. The van der Waals surface area contributed by atoms with Crippen LogP contribution in [0.4, 0.5) is 0 Å². The molecule has 0 radical (unpaired) electrons. The third kappa shape index (κ3) is 6.39. The van der Waals surface area contributed by atoms with Crippen molar-refractivity contribution in [3.05, 3.63) is 47.7 Å². The zero-order valence-electron chi connectivity index (χ0n) is 19.3. The number of carbonyl (C=O) groups is 2. The van der Waals surface area contributed by atoms with Gasteiger partial charge in [0.15, 0.2) is 11.5 Å². The molecule has 1 saturated carbocycles. The molecule has 0 amide bonds. The van der Waals surface area contributed by atoms with Gasteiger partial charge in [-0.1, -0.05) is 6.07 Å². The van der Waals surface area contributed by atoms with E-state index in [2.05, 4.69) is 10.5 Å². The maximum absolute atomic E-state index is 12.7. The predicted molar refractivity (Wildman–Crippen MR) is 125 cm³/mol. The smallest absolute Gasteiger partial charge is 0.359 e. The van der Waals surface area contributed by atoms with Gasteiger partial charge in [0.25, 0.3) is 0 Å². The summed E-state index contributed by atoms with van der Waals surface area (Å²) in [6.07, 6.45) is 5.22. The molecule has 2 aromatic rings. The third-order valence-electron chi connectivity index (χ3n) is 5.54. The van der Waals surface area contributed by atoms with Crippen LogP contribution in [0, 0.1) is 0 Å². The lowest BCUT2D eigenvalue weighted by Crippen LogP contribution is -2.42. The van der Waals surface area contributed by atoms with Gasteiger partial charge in [0.1, 0.15) is 11.1 Å². The van der Waals surface area contributed by atoms with Gasteiger partial charge in [-0.2, -0.15) is 0 Å². The highest BCUT2D eigenvalue weighted by Crippen LogP contribution is 2.38. The molecule has 0 spiro atoms. The van der Waals surface area contributed by atoms with E-state index in [1.165, 1.54) is 18.7 Å². The minimum atomic E-state index is -0.488. The number of benzene rings is 1. The van der Waals surface area contributed by atoms with E-state index in [1.54, 1.807) is 25.4 Å². The number of hydroxylamine groups is 1. The Hall–Kier alpha value is -2.78. The van der Waals surface area contributed by atoms with Crippen molar-refractivity contribution >= 4 is 23.7 Å². The van der Waals surface area contributed by atoms with Crippen molar-refractivity contribution in [3.8, 4) is 11.5 Å². The second kappa shape index (κ2) is 11.9. The molecule has 1 aliphatic rings. The fraction of sp³-hybridized carbons (Fsp3) is 0.458. The SMILES string of the molecule is CCOc1cc([C@H]2C[C@H](OC(C)=O)CC[C@H]2NOC(=O)c2cccnc2SC)ccc1OC. The molecule has 1 aromatic heterocycles. The van der Waals surface area contributed by atoms with E-state index in [1.807, 2.05) is 31.4 Å². The number of hydrogen-bond donors (Lipinski definition) is 1. The van der Waals surface area contributed by atoms with Crippen LogP contribution in [0.15, 0.2) is 41.6 Å². The molecule has 178 valence electrons. The highest BCUT2D eigenvalue weighted by molar-refractivity contribution is 7.98. The summed E-state index contributed by atoms with van der Waals surface area (Å²) in [6.45, 7) is 3.83. The summed E-state index contributed by atoms with van der Waals surface area (Å²) in [5, 5.41) is 0.607. The molecule has 1 fully saturated rings. The van der Waals surface area contributed by atoms with Crippen molar-refractivity contribution < 1.29 is 28.6 Å². The molecule has 33 heavy (non-hydrogen) atoms. The summed E-state index contributed by atoms with van der Waals surface area (Å²) in [7, 11) is 1.60. The molecule has 1 heterocycles. The summed E-state index contributed by atoms with van der Waals surface area (Å²) in [5.41, 5.74) is 4.36. The fourth-order valence-corrected chi connectivity index (χ4v) is 4.61. The number of nitrogens with zero attached hydrogens (tertiary/aromatic N) is 1. The first-order valence-electron chi connectivity index (χ1n) is 10.9. The van der Waals surface area contributed by atoms with Crippen LogP contribution in [0.1, 0.15) is 54.9 Å². The van der Waals surface area contributed by atoms with Gasteiger partial charge in [0.05, 0.1) is 25.3 Å². The molecule has 0 unspecified atom stereocenters. The molecular formula is C24H30N2O6S. The number of thioether (sulfide) groups is 1. The zero-order valence-corrected chi connectivity index (χ0v) is 20.1. The molecular weight excluding hydrogens is 444 g/mol.